The zero-order valence-electron chi connectivity index (χ0n) is 13.3. The number of benzene rings is 3. The first-order valence-corrected chi connectivity index (χ1v) is 7.97. The number of rotatable bonds is 2. The molecule has 1 nitrogen and oxygen atoms in total. The first kappa shape index (κ1) is 14.9. The summed E-state index contributed by atoms with van der Waals surface area (Å²) in [6.45, 7) is 1.78. The van der Waals surface area contributed by atoms with E-state index in [1.54, 1.807) is 13.0 Å². The van der Waals surface area contributed by atoms with E-state index in [4.69, 9.17) is 0 Å². The van der Waals surface area contributed by atoms with Crippen LogP contribution in [0.25, 0.3) is 11.1 Å². The lowest BCUT2D eigenvalue weighted by atomic mass is 9.87. The van der Waals surface area contributed by atoms with Crippen LogP contribution in [-0.2, 0) is 5.60 Å². The normalized spacial score (nSPS) is 19.5. The van der Waals surface area contributed by atoms with Crippen molar-refractivity contribution >= 4 is 11.1 Å². The first-order chi connectivity index (χ1) is 11.6. The molecule has 0 fully saturated rings. The lowest BCUT2D eigenvalue weighted by molar-refractivity contribution is 0.125. The Morgan fingerprint density at radius 3 is 2.00 bits per heavy atom. The largest absolute Gasteiger partial charge is 0.381 e. The second-order valence-electron chi connectivity index (χ2n) is 6.24. The van der Waals surface area contributed by atoms with Gasteiger partial charge in [-0.15, -0.1) is 0 Å². The van der Waals surface area contributed by atoms with Gasteiger partial charge in [-0.05, 0) is 46.9 Å². The van der Waals surface area contributed by atoms with Crippen LogP contribution in [0.3, 0.4) is 0 Å². The predicted octanol–water partition coefficient (Wildman–Crippen LogP) is 5.01. The highest BCUT2D eigenvalue weighted by atomic mass is 19.1. The molecule has 0 aliphatic heterocycles. The maximum Gasteiger partial charge on any atom is 0.123 e. The molecular formula is C22H17FO. The smallest absolute Gasteiger partial charge is 0.123 e. The third kappa shape index (κ3) is 2.19. The third-order valence-corrected chi connectivity index (χ3v) is 4.64. The van der Waals surface area contributed by atoms with Gasteiger partial charge in [-0.2, -0.15) is 0 Å². The second kappa shape index (κ2) is 5.43. The van der Waals surface area contributed by atoms with E-state index in [2.05, 4.69) is 0 Å². The van der Waals surface area contributed by atoms with E-state index < -0.39 is 5.60 Å². The molecule has 1 atom stereocenters. The van der Waals surface area contributed by atoms with Crippen molar-refractivity contribution in [2.75, 3.05) is 0 Å². The monoisotopic (exact) mass is 316 g/mol. The van der Waals surface area contributed by atoms with Crippen molar-refractivity contribution in [2.45, 2.75) is 12.5 Å². The first-order valence-electron chi connectivity index (χ1n) is 7.97. The van der Waals surface area contributed by atoms with Crippen molar-refractivity contribution in [3.63, 3.8) is 0 Å². The number of hydrogen-bond acceptors (Lipinski definition) is 1. The summed E-state index contributed by atoms with van der Waals surface area (Å²) in [7, 11) is 0. The van der Waals surface area contributed by atoms with E-state index in [0.29, 0.717) is 0 Å². The van der Waals surface area contributed by atoms with Gasteiger partial charge in [0.15, 0.2) is 0 Å². The lowest BCUT2D eigenvalue weighted by Gasteiger charge is -2.24. The Morgan fingerprint density at radius 1 is 0.792 bits per heavy atom. The molecule has 4 rings (SSSR count). The van der Waals surface area contributed by atoms with Gasteiger partial charge in [-0.25, -0.2) is 4.39 Å². The van der Waals surface area contributed by atoms with Gasteiger partial charge in [-0.3, -0.25) is 0 Å². The molecule has 118 valence electrons. The van der Waals surface area contributed by atoms with Crippen molar-refractivity contribution in [1.29, 1.82) is 0 Å². The Morgan fingerprint density at radius 2 is 1.38 bits per heavy atom. The molecule has 0 amide bonds. The minimum atomic E-state index is -1.17. The molecule has 1 aliphatic carbocycles. The summed E-state index contributed by atoms with van der Waals surface area (Å²) >= 11 is 0. The van der Waals surface area contributed by atoms with Crippen LogP contribution < -0.4 is 0 Å². The summed E-state index contributed by atoms with van der Waals surface area (Å²) in [5, 5.41) is 11.3. The molecule has 2 heteroatoms. The van der Waals surface area contributed by atoms with E-state index >= 15 is 0 Å². The molecule has 0 spiro atoms. The fourth-order valence-electron chi connectivity index (χ4n) is 3.60. The molecule has 1 aliphatic rings. The van der Waals surface area contributed by atoms with Crippen molar-refractivity contribution in [2.24, 2.45) is 0 Å². The lowest BCUT2D eigenvalue weighted by Crippen LogP contribution is -2.20. The molecule has 1 N–H and O–H groups in total. The van der Waals surface area contributed by atoms with Crippen LogP contribution in [0.5, 0.6) is 0 Å². The Hall–Kier alpha value is -2.71. The zero-order valence-corrected chi connectivity index (χ0v) is 13.3. The fourth-order valence-corrected chi connectivity index (χ4v) is 3.60. The molecule has 0 bridgehead atoms. The summed E-state index contributed by atoms with van der Waals surface area (Å²) in [6, 6.07) is 24.3. The van der Waals surface area contributed by atoms with Crippen LogP contribution in [0, 0.1) is 5.82 Å². The minimum Gasteiger partial charge on any atom is -0.381 e. The van der Waals surface area contributed by atoms with Crippen LogP contribution >= 0.6 is 0 Å². The highest BCUT2D eigenvalue weighted by molar-refractivity contribution is 6.06. The average Bonchev–Trinajstić information content (AvgIpc) is 2.83. The van der Waals surface area contributed by atoms with Gasteiger partial charge in [0.1, 0.15) is 11.4 Å². The topological polar surface area (TPSA) is 20.2 Å². The molecule has 24 heavy (non-hydrogen) atoms. The van der Waals surface area contributed by atoms with Gasteiger partial charge in [0.25, 0.3) is 0 Å². The van der Waals surface area contributed by atoms with Crippen LogP contribution in [0.1, 0.15) is 29.2 Å². The summed E-state index contributed by atoms with van der Waals surface area (Å²) in [5.41, 5.74) is 3.94. The number of halogens is 1. The molecule has 3 aromatic rings. The summed E-state index contributed by atoms with van der Waals surface area (Å²) < 4.78 is 13.9. The van der Waals surface area contributed by atoms with Crippen LogP contribution in [0.2, 0.25) is 0 Å². The van der Waals surface area contributed by atoms with Gasteiger partial charge < -0.3 is 5.11 Å². The molecule has 3 aromatic carbocycles. The highest BCUT2D eigenvalue weighted by Crippen LogP contribution is 2.51. The van der Waals surface area contributed by atoms with Gasteiger partial charge in [0.05, 0.1) is 0 Å². The Labute approximate surface area is 140 Å². The van der Waals surface area contributed by atoms with Crippen LogP contribution in [0.15, 0.2) is 78.9 Å². The number of hydrogen-bond donors (Lipinski definition) is 1. The standard InChI is InChI=1S/C22H17FO/c1-22(24)19-13-12-17(23)14-18(19)20(15-8-4-2-5-9-15)21(22)16-10-6-3-7-11-16/h2-14,24H,1H3. The van der Waals surface area contributed by atoms with Crippen molar-refractivity contribution in [3.8, 4) is 0 Å². The predicted molar refractivity (Wildman–Crippen MR) is 94.8 cm³/mol. The summed E-state index contributed by atoms with van der Waals surface area (Å²) in [4.78, 5) is 0. The second-order valence-corrected chi connectivity index (χ2v) is 6.24. The minimum absolute atomic E-state index is 0.299. The highest BCUT2D eigenvalue weighted by Gasteiger charge is 2.41. The number of aliphatic hydroxyl groups is 1. The van der Waals surface area contributed by atoms with Crippen LogP contribution in [-0.4, -0.2) is 5.11 Å². The molecule has 0 saturated carbocycles. The van der Waals surface area contributed by atoms with Crippen molar-refractivity contribution < 1.29 is 9.50 Å². The van der Waals surface area contributed by atoms with E-state index in [-0.39, 0.29) is 5.82 Å². The van der Waals surface area contributed by atoms with Crippen molar-refractivity contribution in [3.05, 3.63) is 107 Å². The summed E-state index contributed by atoms with van der Waals surface area (Å²) in [5.74, 6) is -0.299. The quantitative estimate of drug-likeness (QED) is 0.705. The van der Waals surface area contributed by atoms with Crippen LogP contribution in [0.4, 0.5) is 4.39 Å². The Kier molecular flexibility index (Phi) is 3.36. The van der Waals surface area contributed by atoms with E-state index in [9.17, 15) is 9.50 Å². The van der Waals surface area contributed by atoms with E-state index in [1.807, 2.05) is 60.7 Å². The molecule has 0 radical (unpaired) electrons. The van der Waals surface area contributed by atoms with Gasteiger partial charge in [-0.1, -0.05) is 66.7 Å². The van der Waals surface area contributed by atoms with Gasteiger partial charge in [0.2, 0.25) is 0 Å². The molecule has 0 aromatic heterocycles. The summed E-state index contributed by atoms with van der Waals surface area (Å²) in [6.07, 6.45) is 0. The molecule has 0 saturated heterocycles. The Bertz CT molecular complexity index is 925. The maximum atomic E-state index is 13.9. The molecule has 0 heterocycles. The van der Waals surface area contributed by atoms with Gasteiger partial charge in [0, 0.05) is 5.57 Å². The van der Waals surface area contributed by atoms with Crippen molar-refractivity contribution in [1.82, 2.24) is 0 Å². The van der Waals surface area contributed by atoms with E-state index in [0.717, 1.165) is 33.4 Å². The number of fused-ring (bicyclic) bond motifs is 1. The average molecular weight is 316 g/mol. The van der Waals surface area contributed by atoms with E-state index in [1.165, 1.54) is 12.1 Å². The molecule has 1 unspecified atom stereocenters. The molecular weight excluding hydrogens is 299 g/mol. The van der Waals surface area contributed by atoms with Gasteiger partial charge >= 0.3 is 0 Å². The SMILES string of the molecule is CC1(O)C(c2ccccc2)=C(c2ccccc2)c2cc(F)ccc21. The third-order valence-electron chi connectivity index (χ3n) is 4.64. The fraction of sp³-hybridized carbons (Fsp3) is 0.0909. The Balaban J connectivity index is 2.09. The zero-order chi connectivity index (χ0) is 16.7. The maximum absolute atomic E-state index is 13.9.